The maximum Gasteiger partial charge on any atom is 0.225 e. The molecule has 0 radical (unpaired) electrons. The summed E-state index contributed by atoms with van der Waals surface area (Å²) in [7, 11) is 0. The van der Waals surface area contributed by atoms with E-state index in [0.717, 1.165) is 51.9 Å². The zero-order valence-corrected chi connectivity index (χ0v) is 12.1. The predicted molar refractivity (Wildman–Crippen MR) is 75.8 cm³/mol. The monoisotopic (exact) mass is 279 g/mol. The van der Waals surface area contributed by atoms with Gasteiger partial charge in [-0.3, -0.25) is 14.5 Å². The van der Waals surface area contributed by atoms with Gasteiger partial charge in [0.25, 0.3) is 0 Å². The molecule has 112 valence electrons. The van der Waals surface area contributed by atoms with Crippen LogP contribution in [0.4, 0.5) is 0 Å². The standard InChI is InChI=1S/C15H25N3O2/c16-14(19)11-5-7-17(8-6-11)13-9-18(10-13)15(20)12-3-1-2-4-12/h11-13H,1-10H2,(H2,16,19). The van der Waals surface area contributed by atoms with Crippen LogP contribution in [0.1, 0.15) is 38.5 Å². The number of rotatable bonds is 3. The van der Waals surface area contributed by atoms with E-state index in [1.54, 1.807) is 0 Å². The molecular formula is C15H25N3O2. The van der Waals surface area contributed by atoms with Crippen LogP contribution >= 0.6 is 0 Å². The van der Waals surface area contributed by atoms with Gasteiger partial charge < -0.3 is 10.6 Å². The van der Waals surface area contributed by atoms with Crippen molar-refractivity contribution in [2.45, 2.75) is 44.6 Å². The SMILES string of the molecule is NC(=O)C1CCN(C2CN(C(=O)C3CCCC3)C2)CC1. The van der Waals surface area contributed by atoms with Crippen LogP contribution in [0, 0.1) is 11.8 Å². The minimum Gasteiger partial charge on any atom is -0.369 e. The Balaban J connectivity index is 1.42. The van der Waals surface area contributed by atoms with E-state index in [2.05, 4.69) is 4.90 Å². The second kappa shape index (κ2) is 5.72. The number of hydrogen-bond donors (Lipinski definition) is 1. The normalized spacial score (nSPS) is 26.7. The number of nitrogens with two attached hydrogens (primary N) is 1. The van der Waals surface area contributed by atoms with E-state index in [-0.39, 0.29) is 11.8 Å². The van der Waals surface area contributed by atoms with Gasteiger partial charge in [-0.25, -0.2) is 0 Å². The van der Waals surface area contributed by atoms with Crippen LogP contribution in [0.15, 0.2) is 0 Å². The van der Waals surface area contributed by atoms with Crippen LogP contribution in [0.5, 0.6) is 0 Å². The molecule has 5 heteroatoms. The lowest BCUT2D eigenvalue weighted by atomic mass is 9.93. The summed E-state index contributed by atoms with van der Waals surface area (Å²) in [5, 5.41) is 0. The largest absolute Gasteiger partial charge is 0.369 e. The Bertz CT molecular complexity index is 379. The van der Waals surface area contributed by atoms with Crippen molar-refractivity contribution in [1.82, 2.24) is 9.80 Å². The third kappa shape index (κ3) is 2.68. The van der Waals surface area contributed by atoms with Crippen LogP contribution in [0.25, 0.3) is 0 Å². The van der Waals surface area contributed by atoms with E-state index in [1.807, 2.05) is 4.90 Å². The van der Waals surface area contributed by atoms with E-state index in [9.17, 15) is 9.59 Å². The summed E-state index contributed by atoms with van der Waals surface area (Å²) in [6, 6.07) is 0.508. The predicted octanol–water partition coefficient (Wildman–Crippen LogP) is 0.585. The van der Waals surface area contributed by atoms with Crippen LogP contribution in [0.3, 0.4) is 0 Å². The summed E-state index contributed by atoms with van der Waals surface area (Å²) in [4.78, 5) is 27.9. The van der Waals surface area contributed by atoms with E-state index >= 15 is 0 Å². The molecule has 0 bridgehead atoms. The molecule has 20 heavy (non-hydrogen) atoms. The summed E-state index contributed by atoms with van der Waals surface area (Å²) in [5.41, 5.74) is 5.36. The lowest BCUT2D eigenvalue weighted by Gasteiger charge is -2.48. The lowest BCUT2D eigenvalue weighted by Crippen LogP contribution is -2.63. The van der Waals surface area contributed by atoms with Gasteiger partial charge in [0, 0.05) is 31.0 Å². The van der Waals surface area contributed by atoms with Crippen molar-refractivity contribution in [2.75, 3.05) is 26.2 Å². The van der Waals surface area contributed by atoms with Gasteiger partial charge in [0.15, 0.2) is 0 Å². The molecule has 0 aromatic rings. The molecule has 1 saturated carbocycles. The van der Waals surface area contributed by atoms with Crippen LogP contribution in [-0.2, 0) is 9.59 Å². The first-order valence-corrected chi connectivity index (χ1v) is 7.97. The first kappa shape index (κ1) is 13.9. The summed E-state index contributed by atoms with van der Waals surface area (Å²) in [6.45, 7) is 3.67. The van der Waals surface area contributed by atoms with Gasteiger partial charge in [0.1, 0.15) is 0 Å². The minimum atomic E-state index is -0.156. The number of carbonyl (C=O) groups is 2. The van der Waals surface area contributed by atoms with Crippen molar-refractivity contribution in [1.29, 1.82) is 0 Å². The molecule has 1 aliphatic carbocycles. The highest BCUT2D eigenvalue weighted by Crippen LogP contribution is 2.30. The zero-order valence-electron chi connectivity index (χ0n) is 12.1. The Morgan fingerprint density at radius 1 is 0.900 bits per heavy atom. The van der Waals surface area contributed by atoms with E-state index in [0.29, 0.717) is 17.9 Å². The van der Waals surface area contributed by atoms with Gasteiger partial charge in [0.05, 0.1) is 0 Å². The number of hydrogen-bond acceptors (Lipinski definition) is 3. The number of piperidine rings is 1. The minimum absolute atomic E-state index is 0.0579. The molecule has 0 aromatic heterocycles. The average Bonchev–Trinajstić information content (AvgIpc) is 2.91. The first-order chi connectivity index (χ1) is 9.65. The topological polar surface area (TPSA) is 66.6 Å². The van der Waals surface area contributed by atoms with E-state index in [4.69, 9.17) is 5.73 Å². The molecular weight excluding hydrogens is 254 g/mol. The highest BCUT2D eigenvalue weighted by Gasteiger charge is 2.39. The van der Waals surface area contributed by atoms with Crippen LogP contribution in [-0.4, -0.2) is 53.8 Å². The fourth-order valence-corrected chi connectivity index (χ4v) is 3.85. The molecule has 3 rings (SSSR count). The van der Waals surface area contributed by atoms with E-state index < -0.39 is 0 Å². The molecule has 2 saturated heterocycles. The maximum atomic E-state index is 12.2. The highest BCUT2D eigenvalue weighted by atomic mass is 16.2. The molecule has 3 fully saturated rings. The van der Waals surface area contributed by atoms with Gasteiger partial charge in [0.2, 0.25) is 11.8 Å². The average molecular weight is 279 g/mol. The van der Waals surface area contributed by atoms with Crippen molar-refractivity contribution >= 4 is 11.8 Å². The highest BCUT2D eigenvalue weighted by molar-refractivity contribution is 5.80. The number of amides is 2. The third-order valence-corrected chi connectivity index (χ3v) is 5.33. The summed E-state index contributed by atoms with van der Waals surface area (Å²) < 4.78 is 0. The second-order valence-electron chi connectivity index (χ2n) is 6.59. The van der Waals surface area contributed by atoms with Crippen LogP contribution < -0.4 is 5.73 Å². The van der Waals surface area contributed by atoms with Crippen molar-refractivity contribution in [3.8, 4) is 0 Å². The van der Waals surface area contributed by atoms with Crippen molar-refractivity contribution in [3.63, 3.8) is 0 Å². The van der Waals surface area contributed by atoms with Gasteiger partial charge >= 0.3 is 0 Å². The second-order valence-corrected chi connectivity index (χ2v) is 6.59. The third-order valence-electron chi connectivity index (χ3n) is 5.33. The Morgan fingerprint density at radius 3 is 2.05 bits per heavy atom. The fourth-order valence-electron chi connectivity index (χ4n) is 3.85. The van der Waals surface area contributed by atoms with Gasteiger partial charge in [-0.15, -0.1) is 0 Å². The molecule has 0 spiro atoms. The molecule has 2 N–H and O–H groups in total. The summed E-state index contributed by atoms with van der Waals surface area (Å²) >= 11 is 0. The number of primary amides is 1. The molecule has 0 atom stereocenters. The Labute approximate surface area is 120 Å². The lowest BCUT2D eigenvalue weighted by molar-refractivity contribution is -0.143. The quantitative estimate of drug-likeness (QED) is 0.822. The summed E-state index contributed by atoms with van der Waals surface area (Å²) in [5.74, 6) is 0.584. The van der Waals surface area contributed by atoms with E-state index in [1.165, 1.54) is 12.8 Å². The van der Waals surface area contributed by atoms with Crippen molar-refractivity contribution in [2.24, 2.45) is 17.6 Å². The Kier molecular flexibility index (Phi) is 3.96. The Morgan fingerprint density at radius 2 is 1.50 bits per heavy atom. The molecule has 0 unspecified atom stereocenters. The number of nitrogens with zero attached hydrogens (tertiary/aromatic N) is 2. The first-order valence-electron chi connectivity index (χ1n) is 7.97. The fraction of sp³-hybridized carbons (Fsp3) is 0.867. The van der Waals surface area contributed by atoms with Crippen molar-refractivity contribution in [3.05, 3.63) is 0 Å². The van der Waals surface area contributed by atoms with Crippen LogP contribution in [0.2, 0.25) is 0 Å². The molecule has 2 heterocycles. The Hall–Kier alpha value is -1.10. The van der Waals surface area contributed by atoms with Gasteiger partial charge in [-0.2, -0.15) is 0 Å². The van der Waals surface area contributed by atoms with Gasteiger partial charge in [-0.05, 0) is 38.8 Å². The maximum absolute atomic E-state index is 12.2. The molecule has 0 aromatic carbocycles. The van der Waals surface area contributed by atoms with Gasteiger partial charge in [-0.1, -0.05) is 12.8 Å². The molecule has 2 amide bonds. The summed E-state index contributed by atoms with van der Waals surface area (Å²) in [6.07, 6.45) is 6.36. The van der Waals surface area contributed by atoms with Crippen molar-refractivity contribution < 1.29 is 9.59 Å². The zero-order chi connectivity index (χ0) is 14.1. The molecule has 3 aliphatic rings. The molecule has 2 aliphatic heterocycles. The molecule has 5 nitrogen and oxygen atoms in total. The number of carbonyl (C=O) groups excluding carboxylic acids is 2. The number of likely N-dealkylation sites (tertiary alicyclic amines) is 2. The smallest absolute Gasteiger partial charge is 0.225 e.